The summed E-state index contributed by atoms with van der Waals surface area (Å²) >= 11 is 0. The number of carbonyl (C=O) groups excluding carboxylic acids is 1. The molecule has 7 heteroatoms. The number of carbonyl (C=O) groups is 1. The first kappa shape index (κ1) is 18.7. The van der Waals surface area contributed by atoms with Crippen molar-refractivity contribution in [2.24, 2.45) is 0 Å². The average molecular weight is 354 g/mol. The number of likely N-dealkylation sites (N-methyl/N-ethyl adjacent to an activating group) is 1. The van der Waals surface area contributed by atoms with E-state index >= 15 is 0 Å². The van der Waals surface area contributed by atoms with Gasteiger partial charge in [-0.25, -0.2) is 8.42 Å². The second-order valence-electron chi connectivity index (χ2n) is 6.26. The van der Waals surface area contributed by atoms with Crippen LogP contribution >= 0.6 is 0 Å². The van der Waals surface area contributed by atoms with Gasteiger partial charge in [0.15, 0.2) is 0 Å². The van der Waals surface area contributed by atoms with Gasteiger partial charge in [0.25, 0.3) is 0 Å². The minimum atomic E-state index is -3.75. The highest BCUT2D eigenvalue weighted by molar-refractivity contribution is 7.89. The lowest BCUT2D eigenvalue weighted by atomic mass is 9.94. The maximum absolute atomic E-state index is 12.5. The molecule has 1 saturated carbocycles. The highest BCUT2D eigenvalue weighted by atomic mass is 32.2. The molecule has 6 nitrogen and oxygen atoms in total. The smallest absolute Gasteiger partial charge is 0.241 e. The van der Waals surface area contributed by atoms with Crippen molar-refractivity contribution in [1.82, 2.24) is 9.62 Å². The molecule has 0 heterocycles. The third kappa shape index (κ3) is 4.48. The van der Waals surface area contributed by atoms with Crippen LogP contribution in [0, 0.1) is 0 Å². The van der Waals surface area contributed by atoms with Crippen LogP contribution in [-0.2, 0) is 14.8 Å². The van der Waals surface area contributed by atoms with Crippen molar-refractivity contribution in [3.8, 4) is 5.75 Å². The topological polar surface area (TPSA) is 75.7 Å². The Hall–Kier alpha value is -1.60. The SMILES string of the molecule is COc1ccc(S(=O)(=O)N[C@H](C)C(=O)N(C)C2CCCCC2)cc1. The second-order valence-corrected chi connectivity index (χ2v) is 7.97. The number of benzene rings is 1. The molecule has 2 rings (SSSR count). The van der Waals surface area contributed by atoms with E-state index in [9.17, 15) is 13.2 Å². The van der Waals surface area contributed by atoms with Crippen molar-refractivity contribution < 1.29 is 17.9 Å². The first-order chi connectivity index (χ1) is 11.3. The molecule has 0 bridgehead atoms. The van der Waals surface area contributed by atoms with E-state index in [2.05, 4.69) is 4.72 Å². The van der Waals surface area contributed by atoms with E-state index in [0.29, 0.717) is 5.75 Å². The van der Waals surface area contributed by atoms with Crippen LogP contribution in [0.5, 0.6) is 5.75 Å². The molecule has 0 spiro atoms. The van der Waals surface area contributed by atoms with Gasteiger partial charge >= 0.3 is 0 Å². The zero-order chi connectivity index (χ0) is 17.7. The maximum atomic E-state index is 12.5. The Morgan fingerprint density at radius 3 is 2.33 bits per heavy atom. The van der Waals surface area contributed by atoms with Crippen LogP contribution in [0.3, 0.4) is 0 Å². The summed E-state index contributed by atoms with van der Waals surface area (Å²) in [5.74, 6) is 0.383. The van der Waals surface area contributed by atoms with E-state index in [1.165, 1.54) is 25.7 Å². The van der Waals surface area contributed by atoms with Crippen molar-refractivity contribution in [3.63, 3.8) is 0 Å². The number of nitrogens with one attached hydrogen (secondary N) is 1. The maximum Gasteiger partial charge on any atom is 0.241 e. The van der Waals surface area contributed by atoms with E-state index in [0.717, 1.165) is 25.7 Å². The van der Waals surface area contributed by atoms with Crippen LogP contribution in [0.25, 0.3) is 0 Å². The fraction of sp³-hybridized carbons (Fsp3) is 0.588. The van der Waals surface area contributed by atoms with Gasteiger partial charge < -0.3 is 9.64 Å². The van der Waals surface area contributed by atoms with Gasteiger partial charge in [0, 0.05) is 13.1 Å². The zero-order valence-corrected chi connectivity index (χ0v) is 15.3. The van der Waals surface area contributed by atoms with Gasteiger partial charge in [-0.05, 0) is 44.0 Å². The van der Waals surface area contributed by atoms with Crippen molar-refractivity contribution in [3.05, 3.63) is 24.3 Å². The summed E-state index contributed by atoms with van der Waals surface area (Å²) in [6.45, 7) is 1.59. The van der Waals surface area contributed by atoms with Crippen LogP contribution in [0.15, 0.2) is 29.2 Å². The molecule has 0 unspecified atom stereocenters. The number of rotatable bonds is 6. The van der Waals surface area contributed by atoms with E-state index in [1.54, 1.807) is 31.0 Å². The quantitative estimate of drug-likeness (QED) is 0.849. The van der Waals surface area contributed by atoms with Gasteiger partial charge in [-0.15, -0.1) is 0 Å². The number of ether oxygens (including phenoxy) is 1. The van der Waals surface area contributed by atoms with E-state index in [1.807, 2.05) is 0 Å². The van der Waals surface area contributed by atoms with Gasteiger partial charge in [-0.2, -0.15) is 4.72 Å². The number of hydrogen-bond acceptors (Lipinski definition) is 4. The molecule has 24 heavy (non-hydrogen) atoms. The lowest BCUT2D eigenvalue weighted by Crippen LogP contribution is -2.49. The Morgan fingerprint density at radius 1 is 1.21 bits per heavy atom. The third-order valence-corrected chi connectivity index (χ3v) is 6.10. The Bertz CT molecular complexity index is 652. The molecule has 0 saturated heterocycles. The van der Waals surface area contributed by atoms with Crippen LogP contribution in [-0.4, -0.2) is 45.5 Å². The predicted molar refractivity (Wildman–Crippen MR) is 92.4 cm³/mol. The van der Waals surface area contributed by atoms with Crippen molar-refractivity contribution in [1.29, 1.82) is 0 Å². The lowest BCUT2D eigenvalue weighted by molar-refractivity contribution is -0.133. The van der Waals surface area contributed by atoms with Crippen LogP contribution in [0.2, 0.25) is 0 Å². The molecule has 1 aromatic rings. The summed E-state index contributed by atoms with van der Waals surface area (Å²) in [5, 5.41) is 0. The summed E-state index contributed by atoms with van der Waals surface area (Å²) in [6, 6.07) is 5.49. The fourth-order valence-corrected chi connectivity index (χ4v) is 4.26. The number of hydrogen-bond donors (Lipinski definition) is 1. The summed E-state index contributed by atoms with van der Waals surface area (Å²) in [7, 11) is -0.469. The van der Waals surface area contributed by atoms with Gasteiger partial charge in [0.05, 0.1) is 18.0 Å². The van der Waals surface area contributed by atoms with Crippen LogP contribution in [0.4, 0.5) is 0 Å². The predicted octanol–water partition coefficient (Wildman–Crippen LogP) is 2.15. The molecule has 1 aromatic carbocycles. The largest absolute Gasteiger partial charge is 0.497 e. The van der Waals surface area contributed by atoms with Crippen molar-refractivity contribution in [2.75, 3.05) is 14.2 Å². The molecule has 134 valence electrons. The van der Waals surface area contributed by atoms with Gasteiger partial charge in [0.2, 0.25) is 15.9 Å². The summed E-state index contributed by atoms with van der Waals surface area (Å²) < 4.78 is 32.3. The fourth-order valence-electron chi connectivity index (χ4n) is 3.06. The highest BCUT2D eigenvalue weighted by Crippen LogP contribution is 2.22. The number of amides is 1. The summed E-state index contributed by atoms with van der Waals surface area (Å²) in [6.07, 6.45) is 5.42. The first-order valence-corrected chi connectivity index (χ1v) is 9.76. The Balaban J connectivity index is 2.03. The molecule has 1 amide bonds. The minimum absolute atomic E-state index is 0.114. The number of nitrogens with zero attached hydrogens (tertiary/aromatic N) is 1. The standard InChI is InChI=1S/C17H26N2O4S/c1-13(17(20)19(2)14-7-5-4-6-8-14)18-24(21,22)16-11-9-15(23-3)10-12-16/h9-14,18H,4-8H2,1-3H3/t13-/m1/s1. The normalized spacial score (nSPS) is 17.3. The van der Waals surface area contributed by atoms with Crippen molar-refractivity contribution >= 4 is 15.9 Å². The molecule has 0 radical (unpaired) electrons. The van der Waals surface area contributed by atoms with Gasteiger partial charge in [-0.3, -0.25) is 4.79 Å². The Kier molecular flexibility index (Phi) is 6.23. The lowest BCUT2D eigenvalue weighted by Gasteiger charge is -2.33. The first-order valence-electron chi connectivity index (χ1n) is 8.28. The molecule has 1 atom stereocenters. The molecule has 1 aliphatic carbocycles. The van der Waals surface area contributed by atoms with Gasteiger partial charge in [0.1, 0.15) is 5.75 Å². The highest BCUT2D eigenvalue weighted by Gasteiger charge is 2.28. The molecular formula is C17H26N2O4S. The van der Waals surface area contributed by atoms with Gasteiger partial charge in [-0.1, -0.05) is 19.3 Å². The Morgan fingerprint density at radius 2 is 1.79 bits per heavy atom. The van der Waals surface area contributed by atoms with Crippen molar-refractivity contribution in [2.45, 2.75) is 56.0 Å². The molecule has 1 aliphatic rings. The van der Waals surface area contributed by atoms with E-state index < -0.39 is 16.1 Å². The number of methoxy groups -OCH3 is 1. The number of sulfonamides is 1. The van der Waals surface area contributed by atoms with E-state index in [4.69, 9.17) is 4.74 Å². The molecule has 1 N–H and O–H groups in total. The summed E-state index contributed by atoms with van der Waals surface area (Å²) in [5.41, 5.74) is 0. The zero-order valence-electron chi connectivity index (χ0n) is 14.5. The third-order valence-electron chi connectivity index (χ3n) is 4.54. The molecule has 0 aromatic heterocycles. The molecule has 1 fully saturated rings. The Labute approximate surface area is 144 Å². The second kappa shape index (κ2) is 7.98. The monoisotopic (exact) mass is 354 g/mol. The van der Waals surface area contributed by atoms with Crippen LogP contribution in [0.1, 0.15) is 39.0 Å². The minimum Gasteiger partial charge on any atom is -0.497 e. The van der Waals surface area contributed by atoms with E-state index in [-0.39, 0.29) is 16.8 Å². The summed E-state index contributed by atoms with van der Waals surface area (Å²) in [4.78, 5) is 14.3. The van der Waals surface area contributed by atoms with Crippen LogP contribution < -0.4 is 9.46 Å². The molecule has 0 aliphatic heterocycles. The molecular weight excluding hydrogens is 328 g/mol. The average Bonchev–Trinajstić information content (AvgIpc) is 2.60.